The topological polar surface area (TPSA) is 79.3 Å². The molecule has 0 saturated heterocycles. The first-order valence-electron chi connectivity index (χ1n) is 9.62. The van der Waals surface area contributed by atoms with Crippen molar-refractivity contribution < 1.29 is 14.7 Å². The van der Waals surface area contributed by atoms with E-state index in [9.17, 15) is 14.7 Å². The summed E-state index contributed by atoms with van der Waals surface area (Å²) in [6, 6.07) is 26.5. The number of carbonyl (C=O) groups is 2. The number of carboxylic acid groups (broad SMARTS) is 1. The molecule has 0 spiro atoms. The number of fused-ring (bicyclic) bond motifs is 1. The fraction of sp³-hybridized carbons (Fsp3) is 0.0800. The molecule has 0 radical (unpaired) electrons. The summed E-state index contributed by atoms with van der Waals surface area (Å²) >= 11 is 0. The van der Waals surface area contributed by atoms with Crippen molar-refractivity contribution in [2.24, 2.45) is 0 Å². The molecule has 0 bridgehead atoms. The molecule has 1 atom stereocenters. The predicted octanol–water partition coefficient (Wildman–Crippen LogP) is 4.25. The van der Waals surface area contributed by atoms with Crippen molar-refractivity contribution in [2.75, 3.05) is 0 Å². The zero-order valence-electron chi connectivity index (χ0n) is 16.1. The largest absolute Gasteiger partial charge is 0.480 e. The van der Waals surface area contributed by atoms with Gasteiger partial charge in [-0.05, 0) is 23.3 Å². The van der Waals surface area contributed by atoms with E-state index in [2.05, 4.69) is 10.3 Å². The number of carboxylic acids is 1. The number of nitrogens with zero attached hydrogens (tertiary/aromatic N) is 1. The molecule has 0 aliphatic carbocycles. The smallest absolute Gasteiger partial charge is 0.327 e. The summed E-state index contributed by atoms with van der Waals surface area (Å²) in [5.74, 6) is -2.08. The highest BCUT2D eigenvalue weighted by atomic mass is 16.4. The molecule has 2 N–H and O–H groups in total. The fourth-order valence-corrected chi connectivity index (χ4v) is 3.70. The Balaban J connectivity index is 1.75. The molecule has 0 saturated carbocycles. The van der Waals surface area contributed by atoms with Crippen molar-refractivity contribution in [1.29, 1.82) is 0 Å². The van der Waals surface area contributed by atoms with E-state index in [1.807, 2.05) is 78.9 Å². The van der Waals surface area contributed by atoms with Gasteiger partial charge in [0.2, 0.25) is 0 Å². The maximum Gasteiger partial charge on any atom is 0.327 e. The number of rotatable bonds is 6. The molecule has 0 unspecified atom stereocenters. The Labute approximate surface area is 174 Å². The zero-order valence-corrected chi connectivity index (χ0v) is 16.1. The maximum atomic E-state index is 13.1. The van der Waals surface area contributed by atoms with Crippen molar-refractivity contribution in [3.05, 3.63) is 114 Å². The number of aliphatic carboxylic acids is 1. The Bertz CT molecular complexity index is 1130. The van der Waals surface area contributed by atoms with E-state index in [4.69, 9.17) is 0 Å². The lowest BCUT2D eigenvalue weighted by molar-refractivity contribution is -0.139. The number of hydrogen-bond acceptors (Lipinski definition) is 3. The number of para-hydroxylation sites is 1. The minimum absolute atomic E-state index is 0.395. The van der Waals surface area contributed by atoms with Gasteiger partial charge in [-0.15, -0.1) is 0 Å². The normalized spacial score (nSPS) is 11.9. The zero-order chi connectivity index (χ0) is 20.9. The van der Waals surface area contributed by atoms with Crippen LogP contribution in [0.25, 0.3) is 10.9 Å². The van der Waals surface area contributed by atoms with E-state index >= 15 is 0 Å². The van der Waals surface area contributed by atoms with Gasteiger partial charge in [-0.1, -0.05) is 78.9 Å². The Kier molecular flexibility index (Phi) is 5.52. The second kappa shape index (κ2) is 8.57. The van der Waals surface area contributed by atoms with Crippen LogP contribution >= 0.6 is 0 Å². The van der Waals surface area contributed by atoms with E-state index < -0.39 is 23.8 Å². The van der Waals surface area contributed by atoms with Gasteiger partial charge in [-0.2, -0.15) is 0 Å². The van der Waals surface area contributed by atoms with E-state index in [1.165, 1.54) is 0 Å². The third kappa shape index (κ3) is 3.91. The van der Waals surface area contributed by atoms with Crippen molar-refractivity contribution >= 4 is 22.8 Å². The van der Waals surface area contributed by atoms with Crippen LogP contribution in [-0.4, -0.2) is 28.0 Å². The van der Waals surface area contributed by atoms with Gasteiger partial charge in [0, 0.05) is 17.5 Å². The molecule has 0 fully saturated rings. The molecule has 30 heavy (non-hydrogen) atoms. The second-order valence-corrected chi connectivity index (χ2v) is 6.96. The molecule has 5 nitrogen and oxygen atoms in total. The van der Waals surface area contributed by atoms with Crippen LogP contribution in [-0.2, 0) is 4.79 Å². The second-order valence-electron chi connectivity index (χ2n) is 6.96. The first kappa shape index (κ1) is 19.3. The molecular formula is C25H20N2O3. The third-order valence-corrected chi connectivity index (χ3v) is 5.10. The minimum Gasteiger partial charge on any atom is -0.480 e. The van der Waals surface area contributed by atoms with E-state index in [0.717, 1.165) is 11.1 Å². The van der Waals surface area contributed by atoms with E-state index in [0.29, 0.717) is 16.5 Å². The fourth-order valence-electron chi connectivity index (χ4n) is 3.70. The predicted molar refractivity (Wildman–Crippen MR) is 115 cm³/mol. The molecule has 148 valence electrons. The quantitative estimate of drug-likeness (QED) is 0.511. The Hall–Kier alpha value is -3.99. The lowest BCUT2D eigenvalue weighted by atomic mass is 9.85. The monoisotopic (exact) mass is 396 g/mol. The van der Waals surface area contributed by atoms with Crippen LogP contribution in [0.2, 0.25) is 0 Å². The maximum absolute atomic E-state index is 13.1. The lowest BCUT2D eigenvalue weighted by Crippen LogP contribution is -2.45. The summed E-state index contributed by atoms with van der Waals surface area (Å²) in [4.78, 5) is 29.7. The Morgan fingerprint density at radius 2 is 1.33 bits per heavy atom. The van der Waals surface area contributed by atoms with Gasteiger partial charge >= 0.3 is 5.97 Å². The van der Waals surface area contributed by atoms with Crippen molar-refractivity contribution in [1.82, 2.24) is 10.3 Å². The number of aromatic nitrogens is 1. The van der Waals surface area contributed by atoms with Crippen molar-refractivity contribution in [3.63, 3.8) is 0 Å². The molecule has 3 aromatic carbocycles. The highest BCUT2D eigenvalue weighted by Crippen LogP contribution is 2.29. The molecule has 1 amide bonds. The first-order chi connectivity index (χ1) is 14.6. The molecule has 4 aromatic rings. The lowest BCUT2D eigenvalue weighted by Gasteiger charge is -2.26. The highest BCUT2D eigenvalue weighted by molar-refractivity contribution is 6.07. The molecule has 5 heteroatoms. The standard InChI is InChI=1S/C25H20N2O3/c28-24(20-15-16-26-21-14-8-7-13-19(20)21)27-23(25(29)30)22(17-9-3-1-4-10-17)18-11-5-2-6-12-18/h1-16,22-23H,(H,27,28)(H,29,30)/t23-/m0/s1. The van der Waals surface area contributed by atoms with Crippen LogP contribution in [0, 0.1) is 0 Å². The molecular weight excluding hydrogens is 376 g/mol. The number of pyridine rings is 1. The van der Waals surface area contributed by atoms with Gasteiger partial charge in [0.05, 0.1) is 11.1 Å². The van der Waals surface area contributed by atoms with Crippen molar-refractivity contribution in [3.8, 4) is 0 Å². The van der Waals surface area contributed by atoms with Gasteiger partial charge in [-0.25, -0.2) is 4.79 Å². The number of nitrogens with one attached hydrogen (secondary N) is 1. The van der Waals surface area contributed by atoms with Crippen LogP contribution in [0.3, 0.4) is 0 Å². The number of hydrogen-bond donors (Lipinski definition) is 2. The summed E-state index contributed by atoms with van der Waals surface area (Å²) in [5.41, 5.74) is 2.71. The third-order valence-electron chi connectivity index (χ3n) is 5.10. The SMILES string of the molecule is O=C(N[C@H](C(=O)O)C(c1ccccc1)c1ccccc1)c1ccnc2ccccc12. The summed E-state index contributed by atoms with van der Waals surface area (Å²) in [6.07, 6.45) is 1.55. The Morgan fingerprint density at radius 1 is 0.767 bits per heavy atom. The van der Waals surface area contributed by atoms with Gasteiger partial charge in [-0.3, -0.25) is 9.78 Å². The van der Waals surface area contributed by atoms with Gasteiger partial charge in [0.1, 0.15) is 6.04 Å². The molecule has 1 aromatic heterocycles. The summed E-state index contributed by atoms with van der Waals surface area (Å²) in [6.45, 7) is 0. The van der Waals surface area contributed by atoms with Gasteiger partial charge in [0.25, 0.3) is 5.91 Å². The number of benzene rings is 3. The van der Waals surface area contributed by atoms with Gasteiger partial charge < -0.3 is 10.4 Å². The van der Waals surface area contributed by atoms with Crippen LogP contribution in [0.5, 0.6) is 0 Å². The summed E-state index contributed by atoms with van der Waals surface area (Å²) in [5, 5.41) is 13.5. The van der Waals surface area contributed by atoms with Gasteiger partial charge in [0.15, 0.2) is 0 Å². The van der Waals surface area contributed by atoms with E-state index in [1.54, 1.807) is 18.3 Å². The van der Waals surface area contributed by atoms with Crippen LogP contribution in [0.15, 0.2) is 97.2 Å². The van der Waals surface area contributed by atoms with E-state index in [-0.39, 0.29) is 0 Å². The molecule has 0 aliphatic heterocycles. The van der Waals surface area contributed by atoms with Crippen LogP contribution in [0.1, 0.15) is 27.4 Å². The number of carbonyl (C=O) groups excluding carboxylic acids is 1. The summed E-state index contributed by atoms with van der Waals surface area (Å²) < 4.78 is 0. The minimum atomic E-state index is -1.14. The molecule has 0 aliphatic rings. The molecule has 4 rings (SSSR count). The van der Waals surface area contributed by atoms with Crippen LogP contribution < -0.4 is 5.32 Å². The first-order valence-corrected chi connectivity index (χ1v) is 9.62. The average Bonchev–Trinajstić information content (AvgIpc) is 2.79. The Morgan fingerprint density at radius 3 is 1.93 bits per heavy atom. The average molecular weight is 396 g/mol. The highest BCUT2D eigenvalue weighted by Gasteiger charge is 2.32. The summed E-state index contributed by atoms with van der Waals surface area (Å²) in [7, 11) is 0. The number of amides is 1. The van der Waals surface area contributed by atoms with Crippen molar-refractivity contribution in [2.45, 2.75) is 12.0 Å². The van der Waals surface area contributed by atoms with Crippen LogP contribution in [0.4, 0.5) is 0 Å². The molecule has 1 heterocycles.